The molecule has 21 heavy (non-hydrogen) atoms. The predicted molar refractivity (Wildman–Crippen MR) is 82.3 cm³/mol. The minimum absolute atomic E-state index is 0.191. The van der Waals surface area contributed by atoms with E-state index in [2.05, 4.69) is 4.98 Å². The van der Waals surface area contributed by atoms with Crippen molar-refractivity contribution in [1.82, 2.24) is 9.88 Å². The summed E-state index contributed by atoms with van der Waals surface area (Å²) < 4.78 is 5.27. The van der Waals surface area contributed by atoms with Gasteiger partial charge < -0.3 is 14.6 Å². The van der Waals surface area contributed by atoms with Gasteiger partial charge in [-0.1, -0.05) is 18.2 Å². The van der Waals surface area contributed by atoms with Crippen molar-refractivity contribution in [2.24, 2.45) is 0 Å². The third-order valence-corrected chi connectivity index (χ3v) is 2.94. The number of ether oxygens (including phenoxy) is 1. The maximum Gasteiger partial charge on any atom is 0.410 e. The van der Waals surface area contributed by atoms with Gasteiger partial charge in [0.15, 0.2) is 0 Å². The van der Waals surface area contributed by atoms with Crippen molar-refractivity contribution in [2.45, 2.75) is 32.9 Å². The second-order valence-corrected chi connectivity index (χ2v) is 6.05. The van der Waals surface area contributed by atoms with Crippen LogP contribution in [0.3, 0.4) is 0 Å². The molecule has 0 saturated carbocycles. The molecule has 1 N–H and O–H groups in total. The summed E-state index contributed by atoms with van der Waals surface area (Å²) in [6, 6.07) is 9.34. The first-order valence-corrected chi connectivity index (χ1v) is 6.81. The number of hydrogen-bond acceptors (Lipinski definition) is 3. The molecule has 0 atom stereocenters. The molecular formula is C16H20N2O3. The van der Waals surface area contributed by atoms with E-state index in [9.17, 15) is 9.59 Å². The molecule has 1 heterocycles. The average Bonchev–Trinajstić information content (AvgIpc) is 2.37. The Labute approximate surface area is 123 Å². The van der Waals surface area contributed by atoms with E-state index in [0.29, 0.717) is 5.56 Å². The van der Waals surface area contributed by atoms with E-state index in [1.807, 2.05) is 45.0 Å². The number of fused-ring (bicyclic) bond motifs is 1. The molecule has 5 heteroatoms. The Balaban J connectivity index is 2.21. The highest BCUT2D eigenvalue weighted by Crippen LogP contribution is 2.13. The summed E-state index contributed by atoms with van der Waals surface area (Å²) in [7, 11) is 1.61. The minimum atomic E-state index is -0.554. The molecule has 0 aliphatic rings. The summed E-state index contributed by atoms with van der Waals surface area (Å²) >= 11 is 0. The third-order valence-electron chi connectivity index (χ3n) is 2.94. The van der Waals surface area contributed by atoms with Crippen molar-refractivity contribution in [2.75, 3.05) is 7.05 Å². The first-order valence-electron chi connectivity index (χ1n) is 6.81. The fourth-order valence-corrected chi connectivity index (χ4v) is 1.97. The van der Waals surface area contributed by atoms with Gasteiger partial charge in [0.2, 0.25) is 0 Å². The number of aromatic amines is 1. The Bertz CT molecular complexity index is 713. The Kier molecular flexibility index (Phi) is 4.02. The molecule has 0 aliphatic carbocycles. The van der Waals surface area contributed by atoms with Gasteiger partial charge >= 0.3 is 6.09 Å². The molecule has 1 aromatic carbocycles. The number of hydrogen-bond donors (Lipinski definition) is 1. The van der Waals surface area contributed by atoms with Gasteiger partial charge in [-0.3, -0.25) is 4.79 Å². The van der Waals surface area contributed by atoms with Gasteiger partial charge in [0.1, 0.15) is 5.60 Å². The molecule has 0 bridgehead atoms. The third kappa shape index (κ3) is 3.84. The van der Waals surface area contributed by atoms with Crippen LogP contribution >= 0.6 is 0 Å². The minimum Gasteiger partial charge on any atom is -0.444 e. The zero-order chi connectivity index (χ0) is 15.6. The number of benzene rings is 1. The van der Waals surface area contributed by atoms with Crippen LogP contribution in [0.4, 0.5) is 4.79 Å². The van der Waals surface area contributed by atoms with Gasteiger partial charge in [0.25, 0.3) is 5.56 Å². The van der Waals surface area contributed by atoms with Crippen LogP contribution < -0.4 is 5.56 Å². The van der Waals surface area contributed by atoms with E-state index in [1.54, 1.807) is 13.1 Å². The normalized spacial score (nSPS) is 11.4. The van der Waals surface area contributed by atoms with Crippen LogP contribution in [0.15, 0.2) is 35.1 Å². The number of H-pyrrole nitrogens is 1. The number of carbonyl (C=O) groups excluding carboxylic acids is 1. The van der Waals surface area contributed by atoms with Crippen LogP contribution in [0.2, 0.25) is 0 Å². The van der Waals surface area contributed by atoms with Gasteiger partial charge in [-0.05, 0) is 38.3 Å². The van der Waals surface area contributed by atoms with Crippen molar-refractivity contribution in [3.05, 3.63) is 46.2 Å². The Morgan fingerprint density at radius 3 is 2.62 bits per heavy atom. The zero-order valence-corrected chi connectivity index (χ0v) is 12.8. The van der Waals surface area contributed by atoms with Gasteiger partial charge in [0.05, 0.1) is 6.54 Å². The maximum atomic E-state index is 12.0. The number of aromatic nitrogens is 1. The molecule has 5 nitrogen and oxygen atoms in total. The predicted octanol–water partition coefficient (Wildman–Crippen LogP) is 2.90. The SMILES string of the molecule is CN(Cc1cc2ccccc2[nH]c1=O)C(=O)OC(C)(C)C. The number of nitrogens with zero attached hydrogens (tertiary/aromatic N) is 1. The molecule has 1 amide bonds. The smallest absolute Gasteiger partial charge is 0.410 e. The Morgan fingerprint density at radius 2 is 1.95 bits per heavy atom. The van der Waals surface area contributed by atoms with E-state index < -0.39 is 11.7 Å². The standard InChI is InChI=1S/C16H20N2O3/c1-16(2,3)21-15(20)18(4)10-12-9-11-7-5-6-8-13(11)17-14(12)19/h5-9H,10H2,1-4H3,(H,17,19). The summed E-state index contributed by atoms with van der Waals surface area (Å²) in [5.74, 6) is 0. The van der Waals surface area contributed by atoms with Gasteiger partial charge in [-0.25, -0.2) is 4.79 Å². The molecule has 0 fully saturated rings. The monoisotopic (exact) mass is 288 g/mol. The van der Waals surface area contributed by atoms with E-state index in [4.69, 9.17) is 4.74 Å². The van der Waals surface area contributed by atoms with E-state index in [1.165, 1.54) is 4.90 Å². The molecule has 1 aromatic heterocycles. The molecular weight excluding hydrogens is 268 g/mol. The maximum absolute atomic E-state index is 12.0. The summed E-state index contributed by atoms with van der Waals surface area (Å²) in [5.41, 5.74) is 0.568. The molecule has 2 aromatic rings. The van der Waals surface area contributed by atoms with Crippen LogP contribution in [-0.4, -0.2) is 28.6 Å². The van der Waals surface area contributed by atoms with Crippen molar-refractivity contribution < 1.29 is 9.53 Å². The molecule has 0 spiro atoms. The summed E-state index contributed by atoms with van der Waals surface area (Å²) in [4.78, 5) is 28.2. The molecule has 0 unspecified atom stereocenters. The summed E-state index contributed by atoms with van der Waals surface area (Å²) in [5, 5.41) is 0.935. The lowest BCUT2D eigenvalue weighted by molar-refractivity contribution is 0.0284. The van der Waals surface area contributed by atoms with Crippen LogP contribution in [0.1, 0.15) is 26.3 Å². The quantitative estimate of drug-likeness (QED) is 0.924. The fraction of sp³-hybridized carbons (Fsp3) is 0.375. The molecule has 2 rings (SSSR count). The lowest BCUT2D eigenvalue weighted by Gasteiger charge is -2.24. The van der Waals surface area contributed by atoms with Crippen LogP contribution in [0.5, 0.6) is 0 Å². The van der Waals surface area contributed by atoms with Crippen molar-refractivity contribution >= 4 is 17.0 Å². The molecule has 0 radical (unpaired) electrons. The lowest BCUT2D eigenvalue weighted by Crippen LogP contribution is -2.35. The van der Waals surface area contributed by atoms with Crippen molar-refractivity contribution in [1.29, 1.82) is 0 Å². The van der Waals surface area contributed by atoms with E-state index in [0.717, 1.165) is 10.9 Å². The topological polar surface area (TPSA) is 62.4 Å². The second kappa shape index (κ2) is 5.60. The highest BCUT2D eigenvalue weighted by Gasteiger charge is 2.20. The number of para-hydroxylation sites is 1. The van der Waals surface area contributed by atoms with Crippen LogP contribution in [-0.2, 0) is 11.3 Å². The first kappa shape index (κ1) is 15.1. The van der Waals surface area contributed by atoms with Crippen LogP contribution in [0, 0.1) is 0 Å². The van der Waals surface area contributed by atoms with E-state index >= 15 is 0 Å². The Hall–Kier alpha value is -2.30. The van der Waals surface area contributed by atoms with Gasteiger partial charge in [-0.2, -0.15) is 0 Å². The number of rotatable bonds is 2. The van der Waals surface area contributed by atoms with Crippen LogP contribution in [0.25, 0.3) is 10.9 Å². The zero-order valence-electron chi connectivity index (χ0n) is 12.8. The van der Waals surface area contributed by atoms with Gasteiger partial charge in [-0.15, -0.1) is 0 Å². The van der Waals surface area contributed by atoms with Crippen molar-refractivity contribution in [3.8, 4) is 0 Å². The summed E-state index contributed by atoms with van der Waals surface area (Å²) in [6.45, 7) is 5.62. The fourth-order valence-electron chi connectivity index (χ4n) is 1.97. The molecule has 112 valence electrons. The average molecular weight is 288 g/mol. The first-order chi connectivity index (χ1) is 9.76. The Morgan fingerprint density at radius 1 is 1.29 bits per heavy atom. The highest BCUT2D eigenvalue weighted by molar-refractivity contribution is 5.78. The number of amides is 1. The molecule has 0 aliphatic heterocycles. The van der Waals surface area contributed by atoms with E-state index in [-0.39, 0.29) is 12.1 Å². The number of pyridine rings is 1. The highest BCUT2D eigenvalue weighted by atomic mass is 16.6. The lowest BCUT2D eigenvalue weighted by atomic mass is 10.1. The number of nitrogens with one attached hydrogen (secondary N) is 1. The second-order valence-electron chi connectivity index (χ2n) is 6.05. The largest absolute Gasteiger partial charge is 0.444 e. The molecule has 0 saturated heterocycles. The van der Waals surface area contributed by atoms with Gasteiger partial charge in [0, 0.05) is 18.1 Å². The number of carbonyl (C=O) groups is 1. The van der Waals surface area contributed by atoms with Crippen molar-refractivity contribution in [3.63, 3.8) is 0 Å². The summed E-state index contributed by atoms with van der Waals surface area (Å²) in [6.07, 6.45) is -0.449.